The van der Waals surface area contributed by atoms with Gasteiger partial charge in [-0.1, -0.05) is 36.2 Å². The topological polar surface area (TPSA) is 32.3 Å². The van der Waals surface area contributed by atoms with Crippen molar-refractivity contribution in [3.63, 3.8) is 0 Å². The lowest BCUT2D eigenvalue weighted by atomic mass is 9.91. The van der Waals surface area contributed by atoms with Crippen molar-refractivity contribution in [2.45, 2.75) is 38.6 Å². The van der Waals surface area contributed by atoms with E-state index in [1.165, 1.54) is 0 Å². The van der Waals surface area contributed by atoms with Crippen LogP contribution in [0.15, 0.2) is 28.7 Å². The zero-order chi connectivity index (χ0) is 12.0. The number of anilines is 1. The van der Waals surface area contributed by atoms with Crippen molar-refractivity contribution < 1.29 is 5.11 Å². The summed E-state index contributed by atoms with van der Waals surface area (Å²) in [5.41, 5.74) is 0.885. The third-order valence-electron chi connectivity index (χ3n) is 2.96. The van der Waals surface area contributed by atoms with Crippen LogP contribution in [0.25, 0.3) is 0 Å². The van der Waals surface area contributed by atoms with Crippen LogP contribution in [-0.2, 0) is 0 Å². The van der Waals surface area contributed by atoms with Crippen LogP contribution in [0.5, 0.6) is 0 Å². The molecule has 0 saturated carbocycles. The maximum absolute atomic E-state index is 9.55. The van der Waals surface area contributed by atoms with Crippen molar-refractivity contribution in [2.75, 3.05) is 11.9 Å². The van der Waals surface area contributed by atoms with Crippen LogP contribution in [0.2, 0.25) is 0 Å². The SMILES string of the molecule is CCCC(CC)(CO)Nc1ccc(Br)cc1. The first-order valence-electron chi connectivity index (χ1n) is 5.80. The maximum atomic E-state index is 9.55. The number of nitrogens with one attached hydrogen (secondary N) is 1. The van der Waals surface area contributed by atoms with Gasteiger partial charge in [0.05, 0.1) is 12.1 Å². The van der Waals surface area contributed by atoms with E-state index in [1.54, 1.807) is 0 Å². The molecule has 1 rings (SSSR count). The fraction of sp³-hybridized carbons (Fsp3) is 0.538. The lowest BCUT2D eigenvalue weighted by Gasteiger charge is -2.33. The number of aliphatic hydroxyl groups excluding tert-OH is 1. The standard InChI is InChI=1S/C13H20BrNO/c1-3-9-13(4-2,10-16)15-12-7-5-11(14)6-8-12/h5-8,15-16H,3-4,9-10H2,1-2H3. The lowest BCUT2D eigenvalue weighted by molar-refractivity contribution is 0.197. The second-order valence-electron chi connectivity index (χ2n) is 4.17. The van der Waals surface area contributed by atoms with Gasteiger partial charge in [0.2, 0.25) is 0 Å². The predicted molar refractivity (Wildman–Crippen MR) is 72.8 cm³/mol. The molecule has 90 valence electrons. The quantitative estimate of drug-likeness (QED) is 0.833. The minimum absolute atomic E-state index is 0.174. The molecule has 0 bridgehead atoms. The van der Waals surface area contributed by atoms with E-state index >= 15 is 0 Å². The van der Waals surface area contributed by atoms with Gasteiger partial charge in [0.25, 0.3) is 0 Å². The van der Waals surface area contributed by atoms with E-state index in [4.69, 9.17) is 0 Å². The molecule has 0 aliphatic rings. The van der Waals surface area contributed by atoms with Crippen LogP contribution in [0.1, 0.15) is 33.1 Å². The Morgan fingerprint density at radius 3 is 2.31 bits per heavy atom. The van der Waals surface area contributed by atoms with E-state index in [-0.39, 0.29) is 12.1 Å². The molecule has 1 aromatic carbocycles. The molecule has 0 heterocycles. The normalized spacial score (nSPS) is 14.5. The molecular formula is C13H20BrNO. The molecule has 16 heavy (non-hydrogen) atoms. The molecule has 3 heteroatoms. The van der Waals surface area contributed by atoms with Crippen molar-refractivity contribution >= 4 is 21.6 Å². The molecule has 1 unspecified atom stereocenters. The number of hydrogen-bond donors (Lipinski definition) is 2. The zero-order valence-electron chi connectivity index (χ0n) is 9.96. The van der Waals surface area contributed by atoms with E-state index in [0.717, 1.165) is 29.4 Å². The van der Waals surface area contributed by atoms with Gasteiger partial charge in [-0.3, -0.25) is 0 Å². The molecule has 0 aliphatic heterocycles. The first-order valence-corrected chi connectivity index (χ1v) is 6.59. The highest BCUT2D eigenvalue weighted by Crippen LogP contribution is 2.24. The molecule has 2 nitrogen and oxygen atoms in total. The second kappa shape index (κ2) is 6.26. The summed E-state index contributed by atoms with van der Waals surface area (Å²) in [6, 6.07) is 8.07. The maximum Gasteiger partial charge on any atom is 0.0661 e. The Kier molecular flexibility index (Phi) is 5.29. The van der Waals surface area contributed by atoms with Crippen molar-refractivity contribution in [3.8, 4) is 0 Å². The van der Waals surface area contributed by atoms with Crippen molar-refractivity contribution in [2.24, 2.45) is 0 Å². The van der Waals surface area contributed by atoms with E-state index < -0.39 is 0 Å². The summed E-state index contributed by atoms with van der Waals surface area (Å²) in [4.78, 5) is 0. The molecule has 0 aliphatic carbocycles. The van der Waals surface area contributed by atoms with Crippen molar-refractivity contribution in [1.29, 1.82) is 0 Å². The minimum Gasteiger partial charge on any atom is -0.394 e. The first kappa shape index (κ1) is 13.5. The number of halogens is 1. The highest BCUT2D eigenvalue weighted by atomic mass is 79.9. The molecule has 1 aromatic rings. The third-order valence-corrected chi connectivity index (χ3v) is 3.49. The van der Waals surface area contributed by atoms with Crippen molar-refractivity contribution in [3.05, 3.63) is 28.7 Å². The number of hydrogen-bond acceptors (Lipinski definition) is 2. The van der Waals surface area contributed by atoms with Gasteiger partial charge >= 0.3 is 0 Å². The number of benzene rings is 1. The van der Waals surface area contributed by atoms with Gasteiger partial charge in [-0.2, -0.15) is 0 Å². The Bertz CT molecular complexity index is 306. The molecule has 0 aromatic heterocycles. The Morgan fingerprint density at radius 2 is 1.88 bits per heavy atom. The fourth-order valence-electron chi connectivity index (χ4n) is 1.88. The molecule has 0 amide bonds. The first-order chi connectivity index (χ1) is 7.65. The number of rotatable bonds is 6. The summed E-state index contributed by atoms with van der Waals surface area (Å²) in [5.74, 6) is 0. The van der Waals surface area contributed by atoms with Crippen LogP contribution in [0.3, 0.4) is 0 Å². The third kappa shape index (κ3) is 3.49. The fourth-order valence-corrected chi connectivity index (χ4v) is 2.14. The Morgan fingerprint density at radius 1 is 1.25 bits per heavy atom. The Balaban J connectivity index is 2.78. The summed E-state index contributed by atoms with van der Waals surface area (Å²) in [6.07, 6.45) is 2.97. The van der Waals surface area contributed by atoms with Crippen LogP contribution in [-0.4, -0.2) is 17.3 Å². The van der Waals surface area contributed by atoms with E-state index in [2.05, 4.69) is 35.1 Å². The molecular weight excluding hydrogens is 266 g/mol. The van der Waals surface area contributed by atoms with E-state index in [1.807, 2.05) is 24.3 Å². The second-order valence-corrected chi connectivity index (χ2v) is 5.09. The summed E-state index contributed by atoms with van der Waals surface area (Å²) in [5, 5.41) is 13.0. The van der Waals surface area contributed by atoms with Gasteiger partial charge in [0, 0.05) is 10.2 Å². The molecule has 0 saturated heterocycles. The van der Waals surface area contributed by atoms with Crippen molar-refractivity contribution in [1.82, 2.24) is 0 Å². The summed E-state index contributed by atoms with van der Waals surface area (Å²) in [7, 11) is 0. The van der Waals surface area contributed by atoms with Crippen LogP contribution in [0, 0.1) is 0 Å². The monoisotopic (exact) mass is 285 g/mol. The highest BCUT2D eigenvalue weighted by Gasteiger charge is 2.25. The molecule has 0 fully saturated rings. The van der Waals surface area contributed by atoms with Crippen LogP contribution < -0.4 is 5.32 Å². The van der Waals surface area contributed by atoms with Crippen LogP contribution in [0.4, 0.5) is 5.69 Å². The van der Waals surface area contributed by atoms with Gasteiger partial charge in [0.15, 0.2) is 0 Å². The lowest BCUT2D eigenvalue weighted by Crippen LogP contribution is -2.41. The van der Waals surface area contributed by atoms with Crippen LogP contribution >= 0.6 is 15.9 Å². The Hall–Kier alpha value is -0.540. The summed E-state index contributed by atoms with van der Waals surface area (Å²) < 4.78 is 1.07. The Labute approximate surface area is 106 Å². The van der Waals surface area contributed by atoms with Gasteiger partial charge in [-0.05, 0) is 37.1 Å². The average Bonchev–Trinajstić information content (AvgIpc) is 2.31. The molecule has 0 spiro atoms. The molecule has 0 radical (unpaired) electrons. The van der Waals surface area contributed by atoms with Gasteiger partial charge in [0.1, 0.15) is 0 Å². The van der Waals surface area contributed by atoms with E-state index in [9.17, 15) is 5.11 Å². The van der Waals surface area contributed by atoms with E-state index in [0.29, 0.717) is 0 Å². The van der Waals surface area contributed by atoms with Gasteiger partial charge in [-0.15, -0.1) is 0 Å². The smallest absolute Gasteiger partial charge is 0.0661 e. The highest BCUT2D eigenvalue weighted by molar-refractivity contribution is 9.10. The average molecular weight is 286 g/mol. The number of aliphatic hydroxyl groups is 1. The van der Waals surface area contributed by atoms with Gasteiger partial charge in [-0.25, -0.2) is 0 Å². The minimum atomic E-state index is -0.178. The molecule has 2 N–H and O–H groups in total. The zero-order valence-corrected chi connectivity index (χ0v) is 11.5. The predicted octanol–water partition coefficient (Wildman–Crippen LogP) is 3.80. The summed E-state index contributed by atoms with van der Waals surface area (Å²) in [6.45, 7) is 4.43. The molecule has 1 atom stereocenters. The summed E-state index contributed by atoms with van der Waals surface area (Å²) >= 11 is 3.41. The van der Waals surface area contributed by atoms with Gasteiger partial charge < -0.3 is 10.4 Å². The largest absolute Gasteiger partial charge is 0.394 e.